The number of ketones is 1. The molecule has 0 saturated heterocycles. The van der Waals surface area contributed by atoms with Crippen LogP contribution in [0.15, 0.2) is 0 Å². The zero-order valence-corrected chi connectivity index (χ0v) is 9.08. The lowest BCUT2D eigenvalue weighted by Gasteiger charge is -2.55. The van der Waals surface area contributed by atoms with E-state index in [1.807, 2.05) is 0 Å². The van der Waals surface area contributed by atoms with Crippen LogP contribution >= 0.6 is 0 Å². The van der Waals surface area contributed by atoms with E-state index >= 15 is 0 Å². The molecule has 0 spiro atoms. The van der Waals surface area contributed by atoms with Gasteiger partial charge in [0.15, 0.2) is 0 Å². The molecular formula is C12H17NO2. The summed E-state index contributed by atoms with van der Waals surface area (Å²) in [4.78, 5) is 23.1. The van der Waals surface area contributed by atoms with Gasteiger partial charge in [0.25, 0.3) is 0 Å². The summed E-state index contributed by atoms with van der Waals surface area (Å²) in [7, 11) is 0. The highest BCUT2D eigenvalue weighted by molar-refractivity contribution is 5.86. The van der Waals surface area contributed by atoms with Gasteiger partial charge in [0.1, 0.15) is 5.78 Å². The molecule has 0 aromatic rings. The molecule has 4 aliphatic carbocycles. The van der Waals surface area contributed by atoms with Crippen molar-refractivity contribution in [3.8, 4) is 0 Å². The van der Waals surface area contributed by atoms with Crippen LogP contribution in [0.5, 0.6) is 0 Å². The van der Waals surface area contributed by atoms with Crippen LogP contribution in [0.25, 0.3) is 0 Å². The summed E-state index contributed by atoms with van der Waals surface area (Å²) in [6.45, 7) is 1.58. The fraction of sp³-hybridized carbons (Fsp3) is 0.833. The molecular weight excluding hydrogens is 190 g/mol. The van der Waals surface area contributed by atoms with Gasteiger partial charge in [-0.15, -0.1) is 0 Å². The number of carbonyl (C=O) groups is 2. The van der Waals surface area contributed by atoms with Gasteiger partial charge < -0.3 is 5.32 Å². The topological polar surface area (TPSA) is 46.2 Å². The molecule has 0 radical (unpaired) electrons. The molecule has 1 amide bonds. The summed E-state index contributed by atoms with van der Waals surface area (Å²) in [6.07, 6.45) is 5.07. The summed E-state index contributed by atoms with van der Waals surface area (Å²) < 4.78 is 0. The number of hydrogen-bond donors (Lipinski definition) is 1. The molecule has 0 aromatic heterocycles. The Labute approximate surface area is 89.6 Å². The number of rotatable bonds is 1. The summed E-state index contributed by atoms with van der Waals surface area (Å²) in [5, 5.41) is 3.12. The Morgan fingerprint density at radius 1 is 1.27 bits per heavy atom. The maximum Gasteiger partial charge on any atom is 0.217 e. The number of hydrogen-bond acceptors (Lipinski definition) is 2. The Kier molecular flexibility index (Phi) is 1.77. The van der Waals surface area contributed by atoms with Crippen LogP contribution in [0.3, 0.4) is 0 Å². The first-order valence-electron chi connectivity index (χ1n) is 5.90. The smallest absolute Gasteiger partial charge is 0.217 e. The Morgan fingerprint density at radius 2 is 1.87 bits per heavy atom. The van der Waals surface area contributed by atoms with Gasteiger partial charge in [0.2, 0.25) is 5.91 Å². The van der Waals surface area contributed by atoms with Crippen molar-refractivity contribution in [1.82, 2.24) is 5.32 Å². The van der Waals surface area contributed by atoms with Crippen molar-refractivity contribution in [2.75, 3.05) is 0 Å². The van der Waals surface area contributed by atoms with Crippen molar-refractivity contribution < 1.29 is 9.59 Å². The molecule has 0 aromatic carbocycles. The van der Waals surface area contributed by atoms with Crippen molar-refractivity contribution in [1.29, 1.82) is 0 Å². The van der Waals surface area contributed by atoms with Crippen molar-refractivity contribution in [3.63, 3.8) is 0 Å². The minimum atomic E-state index is -0.0176. The zero-order chi connectivity index (χ0) is 10.6. The summed E-state index contributed by atoms with van der Waals surface area (Å²) in [6, 6.07) is 0. The molecule has 3 unspecified atom stereocenters. The molecule has 4 aliphatic rings. The molecule has 4 fully saturated rings. The van der Waals surface area contributed by atoms with E-state index in [-0.39, 0.29) is 23.3 Å². The van der Waals surface area contributed by atoms with Gasteiger partial charge in [0, 0.05) is 24.3 Å². The van der Waals surface area contributed by atoms with Crippen molar-refractivity contribution in [3.05, 3.63) is 0 Å². The summed E-state index contributed by atoms with van der Waals surface area (Å²) in [5.74, 6) is 1.73. The summed E-state index contributed by atoms with van der Waals surface area (Å²) >= 11 is 0. The van der Waals surface area contributed by atoms with Crippen molar-refractivity contribution >= 4 is 11.7 Å². The average molecular weight is 207 g/mol. The van der Waals surface area contributed by atoms with Gasteiger partial charge >= 0.3 is 0 Å². The third-order valence-electron chi connectivity index (χ3n) is 4.44. The van der Waals surface area contributed by atoms with Crippen molar-refractivity contribution in [2.45, 2.75) is 44.6 Å². The van der Waals surface area contributed by atoms with Crippen LogP contribution in [0.1, 0.15) is 39.0 Å². The van der Waals surface area contributed by atoms with Crippen LogP contribution in [0.2, 0.25) is 0 Å². The van der Waals surface area contributed by atoms with E-state index in [1.54, 1.807) is 6.92 Å². The standard InChI is InChI=1S/C12H17NO2/c1-7(14)13-12-4-8-2-9(5-12)11(15)10(3-8)6-12/h8-10H,2-6H2,1H3,(H,13,14)/t8?,9-,10?,12?/m1/s1. The highest BCUT2D eigenvalue weighted by Crippen LogP contribution is 2.53. The van der Waals surface area contributed by atoms with Gasteiger partial charge in [0.05, 0.1) is 0 Å². The third kappa shape index (κ3) is 1.32. The highest BCUT2D eigenvalue weighted by atomic mass is 16.1. The van der Waals surface area contributed by atoms with E-state index in [2.05, 4.69) is 5.32 Å². The Bertz CT molecular complexity index is 319. The first-order chi connectivity index (χ1) is 7.08. The number of carbonyl (C=O) groups excluding carboxylic acids is 2. The second kappa shape index (κ2) is 2.83. The Balaban J connectivity index is 1.89. The molecule has 1 N–H and O–H groups in total. The predicted octanol–water partition coefficient (Wildman–Crippen LogP) is 1.27. The minimum absolute atomic E-state index is 0.0176. The van der Waals surface area contributed by atoms with E-state index in [0.29, 0.717) is 11.7 Å². The third-order valence-corrected chi connectivity index (χ3v) is 4.44. The fourth-order valence-corrected chi connectivity index (χ4v) is 4.27. The SMILES string of the molecule is CC(=O)NC12CC3CC(C1)C(=O)[C@H](C3)C2. The van der Waals surface area contributed by atoms with Gasteiger partial charge in [-0.1, -0.05) is 0 Å². The first kappa shape index (κ1) is 9.37. The molecule has 4 atom stereocenters. The van der Waals surface area contributed by atoms with Crippen molar-refractivity contribution in [2.24, 2.45) is 17.8 Å². The fourth-order valence-electron chi connectivity index (χ4n) is 4.27. The molecule has 4 rings (SSSR count). The molecule has 4 saturated carbocycles. The molecule has 0 aliphatic heterocycles. The quantitative estimate of drug-likeness (QED) is 0.703. The monoisotopic (exact) mass is 207 g/mol. The van der Waals surface area contributed by atoms with Gasteiger partial charge in [-0.3, -0.25) is 9.59 Å². The van der Waals surface area contributed by atoms with E-state index in [4.69, 9.17) is 0 Å². The van der Waals surface area contributed by atoms with Gasteiger partial charge in [-0.2, -0.15) is 0 Å². The molecule has 3 nitrogen and oxygen atoms in total. The lowest BCUT2D eigenvalue weighted by Crippen LogP contribution is -2.62. The largest absolute Gasteiger partial charge is 0.351 e. The second-order valence-corrected chi connectivity index (χ2v) is 5.71. The lowest BCUT2D eigenvalue weighted by molar-refractivity contribution is -0.145. The van der Waals surface area contributed by atoms with Crippen LogP contribution < -0.4 is 5.32 Å². The van der Waals surface area contributed by atoms with E-state index in [0.717, 1.165) is 32.1 Å². The molecule has 3 heteroatoms. The van der Waals surface area contributed by atoms with Gasteiger partial charge in [-0.25, -0.2) is 0 Å². The van der Waals surface area contributed by atoms with Crippen LogP contribution in [0.4, 0.5) is 0 Å². The second-order valence-electron chi connectivity index (χ2n) is 5.71. The lowest BCUT2D eigenvalue weighted by atomic mass is 9.52. The highest BCUT2D eigenvalue weighted by Gasteiger charge is 2.55. The number of Topliss-reactive ketones (excluding diaryl/α,β-unsaturated/α-hetero) is 1. The Hall–Kier alpha value is -0.860. The van der Waals surface area contributed by atoms with E-state index in [1.165, 1.54) is 0 Å². The maximum atomic E-state index is 11.9. The molecule has 15 heavy (non-hydrogen) atoms. The predicted molar refractivity (Wildman–Crippen MR) is 55.1 cm³/mol. The summed E-state index contributed by atoms with van der Waals surface area (Å²) in [5.41, 5.74) is -0.0176. The first-order valence-corrected chi connectivity index (χ1v) is 5.90. The number of nitrogens with one attached hydrogen (secondary N) is 1. The Morgan fingerprint density at radius 3 is 2.40 bits per heavy atom. The normalized spacial score (nSPS) is 47.0. The average Bonchev–Trinajstić information content (AvgIpc) is 2.10. The minimum Gasteiger partial charge on any atom is -0.351 e. The maximum absolute atomic E-state index is 11.9. The van der Waals surface area contributed by atoms with Crippen LogP contribution in [0, 0.1) is 17.8 Å². The van der Waals surface area contributed by atoms with Crippen LogP contribution in [-0.2, 0) is 9.59 Å². The van der Waals surface area contributed by atoms with Crippen LogP contribution in [-0.4, -0.2) is 17.2 Å². The zero-order valence-electron chi connectivity index (χ0n) is 9.08. The molecule has 82 valence electrons. The molecule has 4 bridgehead atoms. The number of amides is 1. The molecule has 0 heterocycles. The van der Waals surface area contributed by atoms with E-state index in [9.17, 15) is 9.59 Å². The van der Waals surface area contributed by atoms with E-state index < -0.39 is 0 Å². The van der Waals surface area contributed by atoms with Gasteiger partial charge in [-0.05, 0) is 38.0 Å².